The molecule has 2 saturated heterocycles. The summed E-state index contributed by atoms with van der Waals surface area (Å²) in [6.07, 6.45) is 22.0. The third kappa shape index (κ3) is 35.0. The molecule has 0 aromatic rings. The van der Waals surface area contributed by atoms with E-state index in [4.69, 9.17) is 23.7 Å². The average molecular weight is 1240 g/mol. The van der Waals surface area contributed by atoms with Gasteiger partial charge in [-0.25, -0.2) is 4.18 Å². The fourth-order valence-electron chi connectivity index (χ4n) is 13.4. The Bertz CT molecular complexity index is 1780. The standard InChI is InChI=1S/C67H128O17S/c1-10-12-14-16-18-20-22-24-25-27-29-31-33-35-37-39-58(71)81-62-60(73)57(47-69)80-67(83-66-63(84-85(76,77)78)61(74)59(72)56(46-68)79-66)64(62)82-65(75)54(9)45-52(7)43-50(5)41-48(3)40-49(4)42-51(6)44-53(8)55(70)38-36-34-32-30-28-26-23-21-19-17-15-13-11-2/h48-57,59-64,66-70,72-74H,10-47H2,1-9H3,(H,76,77,78)/t48-,49+,50-,51+,52-,53+,54-,55-,56-,57+,59-,60+,61+,62-,63-,64+,66-,67+/m1/s1. The molecule has 17 nitrogen and oxygen atoms in total. The van der Waals surface area contributed by atoms with Crippen LogP contribution in [-0.4, -0.2) is 136 Å². The molecule has 2 fully saturated rings. The Kier molecular flexibility index (Phi) is 43.5. The Morgan fingerprint density at radius 3 is 1.24 bits per heavy atom. The van der Waals surface area contributed by atoms with Crippen molar-refractivity contribution >= 4 is 22.3 Å². The van der Waals surface area contributed by atoms with Crippen molar-refractivity contribution in [1.29, 1.82) is 0 Å². The molecule has 2 rings (SSSR count). The van der Waals surface area contributed by atoms with Gasteiger partial charge in [-0.15, -0.1) is 0 Å². The number of aliphatic hydroxyl groups is 6. The van der Waals surface area contributed by atoms with Crippen LogP contribution in [0.1, 0.15) is 293 Å². The van der Waals surface area contributed by atoms with E-state index in [1.165, 1.54) is 141 Å². The first-order valence-electron chi connectivity index (χ1n) is 34.5. The molecule has 0 aromatic heterocycles. The zero-order valence-electron chi connectivity index (χ0n) is 54.9. The molecule has 0 aliphatic carbocycles. The largest absolute Gasteiger partial charge is 0.455 e. The molecule has 0 radical (unpaired) electrons. The van der Waals surface area contributed by atoms with Crippen molar-refractivity contribution in [3.63, 3.8) is 0 Å². The fourth-order valence-corrected chi connectivity index (χ4v) is 13.9. The van der Waals surface area contributed by atoms with Crippen molar-refractivity contribution in [1.82, 2.24) is 0 Å². The van der Waals surface area contributed by atoms with Crippen LogP contribution in [0.15, 0.2) is 0 Å². The van der Waals surface area contributed by atoms with E-state index >= 15 is 0 Å². The van der Waals surface area contributed by atoms with E-state index in [1.54, 1.807) is 6.92 Å². The number of unbranched alkanes of at least 4 members (excludes halogenated alkanes) is 26. The van der Waals surface area contributed by atoms with E-state index in [1.807, 2.05) is 0 Å². The molecule has 0 spiro atoms. The third-order valence-electron chi connectivity index (χ3n) is 18.0. The summed E-state index contributed by atoms with van der Waals surface area (Å²) in [7, 11) is -5.33. The van der Waals surface area contributed by atoms with Gasteiger partial charge >= 0.3 is 22.3 Å². The number of hydrogen-bond acceptors (Lipinski definition) is 16. The topological polar surface area (TPSA) is 265 Å². The Hall–Kier alpha value is -1.55. The zero-order chi connectivity index (χ0) is 63.2. The monoisotopic (exact) mass is 1240 g/mol. The first-order chi connectivity index (χ1) is 40.5. The number of carbonyl (C=O) groups is 2. The number of ether oxygens (including phenoxy) is 5. The molecule has 0 saturated carbocycles. The maximum absolute atomic E-state index is 14.2. The Morgan fingerprint density at radius 2 is 0.824 bits per heavy atom. The van der Waals surface area contributed by atoms with Crippen molar-refractivity contribution in [3.8, 4) is 0 Å². The predicted molar refractivity (Wildman–Crippen MR) is 334 cm³/mol. The molecular weight excluding hydrogens is 1110 g/mol. The lowest BCUT2D eigenvalue weighted by atomic mass is 9.80. The Balaban J connectivity index is 1.99. The lowest BCUT2D eigenvalue weighted by molar-refractivity contribution is -0.374. The number of aliphatic hydroxyl groups excluding tert-OH is 6. The summed E-state index contributed by atoms with van der Waals surface area (Å²) in [6.45, 7) is 17.9. The average Bonchev–Trinajstić information content (AvgIpc) is 1.69. The molecule has 2 heterocycles. The number of esters is 2. The van der Waals surface area contributed by atoms with Crippen LogP contribution in [0.2, 0.25) is 0 Å². The van der Waals surface area contributed by atoms with Crippen LogP contribution in [0.3, 0.4) is 0 Å². The quantitative estimate of drug-likeness (QED) is 0.0170. The van der Waals surface area contributed by atoms with Gasteiger partial charge in [0.25, 0.3) is 0 Å². The van der Waals surface area contributed by atoms with E-state index in [-0.39, 0.29) is 24.4 Å². The van der Waals surface area contributed by atoms with Gasteiger partial charge in [-0.3, -0.25) is 14.1 Å². The van der Waals surface area contributed by atoms with Gasteiger partial charge in [0.15, 0.2) is 24.6 Å². The smallest absolute Gasteiger partial charge is 0.397 e. The van der Waals surface area contributed by atoms with Gasteiger partial charge in [0.05, 0.1) is 25.2 Å². The van der Waals surface area contributed by atoms with Crippen molar-refractivity contribution in [2.75, 3.05) is 13.2 Å². The lowest BCUT2D eigenvalue weighted by Gasteiger charge is -2.46. The van der Waals surface area contributed by atoms with E-state index in [9.17, 15) is 53.2 Å². The van der Waals surface area contributed by atoms with Crippen molar-refractivity contribution in [3.05, 3.63) is 0 Å². The summed E-state index contributed by atoms with van der Waals surface area (Å²) in [5.41, 5.74) is 0. The number of rotatable bonds is 52. The maximum Gasteiger partial charge on any atom is 0.397 e. The Morgan fingerprint density at radius 1 is 0.459 bits per heavy atom. The molecule has 2 aliphatic rings. The minimum Gasteiger partial charge on any atom is -0.455 e. The molecule has 2 aliphatic heterocycles. The SMILES string of the molecule is CCCCCCCCCCCCCCCCCC(=O)O[C@@H]1[C@@H](O)[C@H](CO)O[C@@H](O[C@H]2O[C@H](CO)[C@@H](O)[C@H](O)[C@H]2OS(=O)(=O)O)[C@H]1OC(=O)[C@H](C)C[C@H](C)C[C@H](C)C[C@H](C)C[C@H](C)C[C@H](C)C[C@H](C)[C@H](O)CCCCCCCCCCCCCCC. The van der Waals surface area contributed by atoms with Crippen molar-refractivity contribution < 1.29 is 81.1 Å². The molecule has 85 heavy (non-hydrogen) atoms. The van der Waals surface area contributed by atoms with Gasteiger partial charge in [-0.05, 0) is 86.9 Å². The highest BCUT2D eigenvalue weighted by Gasteiger charge is 2.55. The zero-order valence-corrected chi connectivity index (χ0v) is 55.7. The highest BCUT2D eigenvalue weighted by Crippen LogP contribution is 2.35. The van der Waals surface area contributed by atoms with Crippen LogP contribution in [0.25, 0.3) is 0 Å². The molecule has 7 N–H and O–H groups in total. The summed E-state index contributed by atoms with van der Waals surface area (Å²) in [5, 5.41) is 64.3. The summed E-state index contributed by atoms with van der Waals surface area (Å²) in [6, 6.07) is 0. The minimum atomic E-state index is -5.33. The first-order valence-corrected chi connectivity index (χ1v) is 35.9. The molecule has 0 amide bonds. The fraction of sp³-hybridized carbons (Fsp3) is 0.970. The predicted octanol–water partition coefficient (Wildman–Crippen LogP) is 13.4. The number of hydrogen-bond donors (Lipinski definition) is 7. The van der Waals surface area contributed by atoms with Gasteiger partial charge in [0.2, 0.25) is 6.29 Å². The molecule has 0 aromatic carbocycles. The van der Waals surface area contributed by atoms with Gasteiger partial charge in [0, 0.05) is 6.42 Å². The second kappa shape index (κ2) is 46.5. The number of carbonyl (C=O) groups excluding carboxylic acids is 2. The van der Waals surface area contributed by atoms with Gasteiger partial charge in [0.1, 0.15) is 30.5 Å². The van der Waals surface area contributed by atoms with Crippen LogP contribution in [-0.2, 0) is 47.9 Å². The minimum absolute atomic E-state index is 0.0246. The van der Waals surface area contributed by atoms with E-state index in [0.717, 1.165) is 70.6 Å². The summed E-state index contributed by atoms with van der Waals surface area (Å²) in [5.74, 6) is 0.0457. The highest BCUT2D eigenvalue weighted by molar-refractivity contribution is 7.80. The van der Waals surface area contributed by atoms with E-state index in [0.29, 0.717) is 36.5 Å². The summed E-state index contributed by atoms with van der Waals surface area (Å²) >= 11 is 0. The summed E-state index contributed by atoms with van der Waals surface area (Å²) < 4.78 is 67.5. The molecule has 18 atom stereocenters. The van der Waals surface area contributed by atoms with Crippen LogP contribution in [0, 0.1) is 41.4 Å². The van der Waals surface area contributed by atoms with Crippen LogP contribution in [0.5, 0.6) is 0 Å². The lowest BCUT2D eigenvalue weighted by Crippen LogP contribution is -2.65. The van der Waals surface area contributed by atoms with Crippen LogP contribution in [0.4, 0.5) is 0 Å². The summed E-state index contributed by atoms with van der Waals surface area (Å²) in [4.78, 5) is 27.7. The van der Waals surface area contributed by atoms with Gasteiger partial charge < -0.3 is 54.3 Å². The Labute approximate surface area is 516 Å². The third-order valence-corrected chi connectivity index (χ3v) is 18.5. The van der Waals surface area contributed by atoms with Crippen molar-refractivity contribution in [2.24, 2.45) is 41.4 Å². The molecular formula is C67H128O17S. The molecule has 0 bridgehead atoms. The maximum atomic E-state index is 14.2. The van der Waals surface area contributed by atoms with Crippen LogP contribution >= 0.6 is 0 Å². The second-order valence-electron chi connectivity index (χ2n) is 27.0. The van der Waals surface area contributed by atoms with E-state index in [2.05, 4.69) is 59.6 Å². The molecule has 18 heteroatoms. The highest BCUT2D eigenvalue weighted by atomic mass is 32.3. The molecule has 0 unspecified atom stereocenters. The van der Waals surface area contributed by atoms with Crippen LogP contribution < -0.4 is 0 Å². The first kappa shape index (κ1) is 79.5. The molecule has 504 valence electrons. The van der Waals surface area contributed by atoms with Gasteiger partial charge in [-0.2, -0.15) is 8.42 Å². The second-order valence-corrected chi connectivity index (χ2v) is 28.1. The van der Waals surface area contributed by atoms with Gasteiger partial charge in [-0.1, -0.05) is 236 Å². The van der Waals surface area contributed by atoms with E-state index < -0.39 is 103 Å². The normalized spacial score (nSPS) is 25.8. The van der Waals surface area contributed by atoms with Crippen molar-refractivity contribution in [2.45, 2.75) is 361 Å².